The molecule has 15 heavy (non-hydrogen) atoms. The van der Waals surface area contributed by atoms with E-state index in [1.54, 1.807) is 7.11 Å². The van der Waals surface area contributed by atoms with E-state index < -0.39 is 0 Å². The summed E-state index contributed by atoms with van der Waals surface area (Å²) < 4.78 is 5.02. The Labute approximate surface area is 91.4 Å². The molecule has 0 saturated heterocycles. The van der Waals surface area contributed by atoms with Crippen LogP contribution in [0.3, 0.4) is 0 Å². The molecule has 1 rings (SSSR count). The van der Waals surface area contributed by atoms with Gasteiger partial charge in [0.15, 0.2) is 0 Å². The van der Waals surface area contributed by atoms with E-state index >= 15 is 0 Å². The molecule has 1 fully saturated rings. The monoisotopic (exact) mass is 214 g/mol. The number of guanidine groups is 1. The smallest absolute Gasteiger partial charge is 0.206 e. The van der Waals surface area contributed by atoms with E-state index in [1.807, 2.05) is 6.92 Å². The lowest BCUT2D eigenvalue weighted by Gasteiger charge is -2.24. The van der Waals surface area contributed by atoms with Crippen LogP contribution in [-0.2, 0) is 4.74 Å². The van der Waals surface area contributed by atoms with E-state index in [1.165, 1.54) is 19.3 Å². The van der Waals surface area contributed by atoms with E-state index in [9.17, 15) is 0 Å². The minimum absolute atomic E-state index is 0.214. The summed E-state index contributed by atoms with van der Waals surface area (Å²) in [6.07, 6.45) is 3.95. The number of hydrogen-bond donors (Lipinski definition) is 3. The lowest BCUT2D eigenvalue weighted by molar-refractivity contribution is 0.179. The zero-order valence-corrected chi connectivity index (χ0v) is 9.62. The first-order valence-corrected chi connectivity index (χ1v) is 5.52. The summed E-state index contributed by atoms with van der Waals surface area (Å²) in [6, 6.07) is 0.214. The predicted molar refractivity (Wildman–Crippen MR) is 61.4 cm³/mol. The molecule has 0 amide bonds. The molecular weight excluding hydrogens is 192 g/mol. The summed E-state index contributed by atoms with van der Waals surface area (Å²) in [5.41, 5.74) is 2.58. The van der Waals surface area contributed by atoms with Gasteiger partial charge in [-0.3, -0.25) is 10.4 Å². The predicted octanol–water partition coefficient (Wildman–Crippen LogP) is 0.230. The van der Waals surface area contributed by atoms with Gasteiger partial charge in [0.25, 0.3) is 0 Å². The first-order valence-electron chi connectivity index (χ1n) is 5.52. The van der Waals surface area contributed by atoms with Gasteiger partial charge in [0.05, 0.1) is 6.61 Å². The molecule has 5 heteroatoms. The molecule has 5 nitrogen and oxygen atoms in total. The maximum absolute atomic E-state index is 5.38. The molecule has 0 bridgehead atoms. The molecule has 0 spiro atoms. The number of hydrazine groups is 1. The van der Waals surface area contributed by atoms with Crippen LogP contribution in [0, 0.1) is 5.92 Å². The van der Waals surface area contributed by atoms with Gasteiger partial charge in [-0.25, -0.2) is 5.84 Å². The van der Waals surface area contributed by atoms with Gasteiger partial charge < -0.3 is 10.1 Å². The van der Waals surface area contributed by atoms with E-state index in [4.69, 9.17) is 10.6 Å². The van der Waals surface area contributed by atoms with Gasteiger partial charge in [-0.15, -0.1) is 0 Å². The summed E-state index contributed by atoms with van der Waals surface area (Å²) in [4.78, 5) is 4.40. The minimum atomic E-state index is 0.214. The van der Waals surface area contributed by atoms with Crippen molar-refractivity contribution in [2.45, 2.75) is 32.2 Å². The fourth-order valence-corrected chi connectivity index (χ4v) is 1.55. The quantitative estimate of drug-likeness (QED) is 0.265. The summed E-state index contributed by atoms with van der Waals surface area (Å²) >= 11 is 0. The Morgan fingerprint density at radius 1 is 1.60 bits per heavy atom. The average molecular weight is 214 g/mol. The van der Waals surface area contributed by atoms with Gasteiger partial charge in [-0.2, -0.15) is 0 Å². The first kappa shape index (κ1) is 12.3. The third kappa shape index (κ3) is 4.48. The molecule has 88 valence electrons. The molecule has 1 saturated carbocycles. The van der Waals surface area contributed by atoms with E-state index in [2.05, 4.69) is 15.7 Å². The Hall–Kier alpha value is -0.810. The van der Waals surface area contributed by atoms with Crippen molar-refractivity contribution in [3.05, 3.63) is 0 Å². The van der Waals surface area contributed by atoms with Crippen LogP contribution in [0.25, 0.3) is 0 Å². The van der Waals surface area contributed by atoms with Crippen molar-refractivity contribution in [3.8, 4) is 0 Å². The Morgan fingerprint density at radius 3 is 2.80 bits per heavy atom. The molecule has 4 N–H and O–H groups in total. The number of hydrogen-bond acceptors (Lipinski definition) is 3. The molecular formula is C10H22N4O. The SMILES string of the molecule is COCC(C)NC(=NCC1CCC1)NN. The molecule has 1 aliphatic carbocycles. The van der Waals surface area contributed by atoms with Crippen LogP contribution in [0.4, 0.5) is 0 Å². The summed E-state index contributed by atoms with van der Waals surface area (Å²) in [6.45, 7) is 3.54. The van der Waals surface area contributed by atoms with E-state index in [0.29, 0.717) is 12.6 Å². The molecule has 1 unspecified atom stereocenters. The third-order valence-electron chi connectivity index (χ3n) is 2.67. The summed E-state index contributed by atoms with van der Waals surface area (Å²) in [5, 5.41) is 3.16. The Bertz CT molecular complexity index is 204. The zero-order valence-electron chi connectivity index (χ0n) is 9.62. The molecule has 1 atom stereocenters. The second-order valence-corrected chi connectivity index (χ2v) is 4.13. The second kappa shape index (κ2) is 6.63. The Balaban J connectivity index is 2.25. The van der Waals surface area contributed by atoms with Gasteiger partial charge in [-0.05, 0) is 25.7 Å². The highest BCUT2D eigenvalue weighted by atomic mass is 16.5. The summed E-state index contributed by atoms with van der Waals surface area (Å²) in [5.74, 6) is 6.79. The standard InChI is InChI=1S/C10H22N4O/c1-8(7-15-2)13-10(14-11)12-6-9-4-3-5-9/h8-9H,3-7,11H2,1-2H3,(H2,12,13,14). The fraction of sp³-hybridized carbons (Fsp3) is 0.900. The highest BCUT2D eigenvalue weighted by Crippen LogP contribution is 2.26. The third-order valence-corrected chi connectivity index (χ3v) is 2.67. The van der Waals surface area contributed by atoms with Gasteiger partial charge in [0.1, 0.15) is 0 Å². The topological polar surface area (TPSA) is 71.7 Å². The fourth-order valence-electron chi connectivity index (χ4n) is 1.55. The van der Waals surface area contributed by atoms with E-state index in [0.717, 1.165) is 12.5 Å². The van der Waals surface area contributed by atoms with Gasteiger partial charge in [-0.1, -0.05) is 6.42 Å². The molecule has 0 aromatic heterocycles. The van der Waals surface area contributed by atoms with Crippen LogP contribution in [0.1, 0.15) is 26.2 Å². The second-order valence-electron chi connectivity index (χ2n) is 4.13. The minimum Gasteiger partial charge on any atom is -0.383 e. The van der Waals surface area contributed by atoms with Crippen molar-refractivity contribution in [1.82, 2.24) is 10.7 Å². The van der Waals surface area contributed by atoms with Crippen molar-refractivity contribution in [2.75, 3.05) is 20.3 Å². The van der Waals surface area contributed by atoms with Gasteiger partial charge in [0.2, 0.25) is 5.96 Å². The van der Waals surface area contributed by atoms with Gasteiger partial charge >= 0.3 is 0 Å². The molecule has 1 aliphatic rings. The first-order chi connectivity index (χ1) is 7.26. The van der Waals surface area contributed by atoms with Gasteiger partial charge in [0, 0.05) is 19.7 Å². The number of nitrogens with two attached hydrogens (primary N) is 1. The normalized spacial score (nSPS) is 19.5. The summed E-state index contributed by atoms with van der Waals surface area (Å²) in [7, 11) is 1.68. The van der Waals surface area contributed by atoms with Crippen LogP contribution < -0.4 is 16.6 Å². The van der Waals surface area contributed by atoms with Crippen LogP contribution in [0.15, 0.2) is 4.99 Å². The average Bonchev–Trinajstić information content (AvgIpc) is 2.14. The van der Waals surface area contributed by atoms with Crippen LogP contribution in [0.5, 0.6) is 0 Å². The number of rotatable bonds is 5. The molecule has 0 aromatic rings. The van der Waals surface area contributed by atoms with Crippen molar-refractivity contribution < 1.29 is 4.74 Å². The molecule has 0 aliphatic heterocycles. The number of methoxy groups -OCH3 is 1. The molecule has 0 heterocycles. The Morgan fingerprint density at radius 2 is 2.33 bits per heavy atom. The van der Waals surface area contributed by atoms with Crippen molar-refractivity contribution in [2.24, 2.45) is 16.8 Å². The van der Waals surface area contributed by atoms with Crippen LogP contribution >= 0.6 is 0 Å². The number of nitrogens with one attached hydrogen (secondary N) is 2. The van der Waals surface area contributed by atoms with Crippen LogP contribution in [-0.4, -0.2) is 32.3 Å². The lowest BCUT2D eigenvalue weighted by Crippen LogP contribution is -2.47. The number of ether oxygens (including phenoxy) is 1. The number of aliphatic imine (C=N–C) groups is 1. The maximum Gasteiger partial charge on any atom is 0.206 e. The number of nitrogens with zero attached hydrogens (tertiary/aromatic N) is 1. The van der Waals surface area contributed by atoms with E-state index in [-0.39, 0.29) is 6.04 Å². The zero-order chi connectivity index (χ0) is 11.1. The lowest BCUT2D eigenvalue weighted by atomic mass is 9.86. The maximum atomic E-state index is 5.38. The van der Waals surface area contributed by atoms with Crippen molar-refractivity contribution in [3.63, 3.8) is 0 Å². The molecule has 0 radical (unpaired) electrons. The van der Waals surface area contributed by atoms with Crippen LogP contribution in [0.2, 0.25) is 0 Å². The molecule has 0 aromatic carbocycles. The largest absolute Gasteiger partial charge is 0.383 e. The Kier molecular flexibility index (Phi) is 5.42. The highest BCUT2D eigenvalue weighted by molar-refractivity contribution is 5.79. The van der Waals surface area contributed by atoms with Crippen molar-refractivity contribution in [1.29, 1.82) is 0 Å². The highest BCUT2D eigenvalue weighted by Gasteiger charge is 2.16. The van der Waals surface area contributed by atoms with Crippen molar-refractivity contribution >= 4 is 5.96 Å².